The van der Waals surface area contributed by atoms with Gasteiger partial charge in [0, 0.05) is 11.1 Å². The van der Waals surface area contributed by atoms with Gasteiger partial charge in [-0.05, 0) is 60.6 Å². The van der Waals surface area contributed by atoms with Gasteiger partial charge in [0.15, 0.2) is 0 Å². The monoisotopic (exact) mass is 365 g/mol. The molecular formula is C22H24FNOSi. The molecule has 0 heterocycles. The van der Waals surface area contributed by atoms with Crippen molar-refractivity contribution < 1.29 is 8.92 Å². The lowest BCUT2D eigenvalue weighted by Crippen LogP contribution is -2.45. The maximum Gasteiger partial charge on any atom is 0.229 e. The van der Waals surface area contributed by atoms with Crippen molar-refractivity contribution in [2.45, 2.75) is 38.9 Å². The van der Waals surface area contributed by atoms with Crippen LogP contribution in [0.3, 0.4) is 0 Å². The number of hydrogen-bond donors (Lipinski definition) is 0. The van der Waals surface area contributed by atoms with Crippen molar-refractivity contribution in [2.75, 3.05) is 5.06 Å². The van der Waals surface area contributed by atoms with Crippen LogP contribution in [0.25, 0.3) is 0 Å². The van der Waals surface area contributed by atoms with Gasteiger partial charge in [0.2, 0.25) is 8.32 Å². The summed E-state index contributed by atoms with van der Waals surface area (Å²) in [6.07, 6.45) is 11.2. The second-order valence-corrected chi connectivity index (χ2v) is 12.4. The molecule has 2 aromatic carbocycles. The number of anilines is 2. The van der Waals surface area contributed by atoms with Gasteiger partial charge >= 0.3 is 0 Å². The Morgan fingerprint density at radius 3 is 1.85 bits per heavy atom. The summed E-state index contributed by atoms with van der Waals surface area (Å²) >= 11 is 0. The second kappa shape index (κ2) is 7.38. The van der Waals surface area contributed by atoms with Crippen LogP contribution in [-0.4, -0.2) is 8.32 Å². The van der Waals surface area contributed by atoms with Gasteiger partial charge in [0.1, 0.15) is 5.82 Å². The minimum atomic E-state index is -2.17. The summed E-state index contributed by atoms with van der Waals surface area (Å²) in [4.78, 5) is 0. The van der Waals surface area contributed by atoms with Crippen LogP contribution in [0.4, 0.5) is 15.8 Å². The highest BCUT2D eigenvalue weighted by Crippen LogP contribution is 2.40. The highest BCUT2D eigenvalue weighted by molar-refractivity contribution is 6.74. The number of hydrogen-bond acceptors (Lipinski definition) is 2. The Hall–Kier alpha value is -2.53. The topological polar surface area (TPSA) is 12.5 Å². The van der Waals surface area contributed by atoms with Crippen LogP contribution in [-0.2, 0) is 4.53 Å². The van der Waals surface area contributed by atoms with E-state index in [-0.39, 0.29) is 10.9 Å². The first-order chi connectivity index (χ1) is 12.1. The van der Waals surface area contributed by atoms with Gasteiger partial charge in [-0.1, -0.05) is 32.6 Å². The zero-order valence-electron chi connectivity index (χ0n) is 15.9. The number of terminal acetylenes is 2. The molecule has 0 radical (unpaired) electrons. The van der Waals surface area contributed by atoms with Gasteiger partial charge in [-0.25, -0.2) is 9.45 Å². The first kappa shape index (κ1) is 19.8. The lowest BCUT2D eigenvalue weighted by atomic mass is 10.1. The first-order valence-corrected chi connectivity index (χ1v) is 11.3. The number of rotatable bonds is 4. The molecule has 0 N–H and O–H groups in total. The predicted octanol–water partition coefficient (Wildman–Crippen LogP) is 5.86. The molecule has 0 spiro atoms. The van der Waals surface area contributed by atoms with Crippen molar-refractivity contribution in [3.63, 3.8) is 0 Å². The molecule has 0 aliphatic rings. The Morgan fingerprint density at radius 2 is 1.42 bits per heavy atom. The van der Waals surface area contributed by atoms with E-state index in [4.69, 9.17) is 17.4 Å². The third-order valence-corrected chi connectivity index (χ3v) is 8.92. The Balaban J connectivity index is 2.60. The maximum atomic E-state index is 13.4. The van der Waals surface area contributed by atoms with Gasteiger partial charge in [-0.15, -0.1) is 12.8 Å². The molecule has 2 aromatic rings. The fraction of sp³-hybridized carbons (Fsp3) is 0.273. The summed E-state index contributed by atoms with van der Waals surface area (Å²) in [6, 6.07) is 11.6. The molecule has 0 fully saturated rings. The fourth-order valence-electron chi connectivity index (χ4n) is 2.09. The van der Waals surface area contributed by atoms with E-state index >= 15 is 0 Å². The first-order valence-electron chi connectivity index (χ1n) is 8.40. The zero-order chi connectivity index (χ0) is 19.5. The van der Waals surface area contributed by atoms with Crippen molar-refractivity contribution in [1.29, 1.82) is 0 Å². The van der Waals surface area contributed by atoms with Gasteiger partial charge in [0.05, 0.1) is 11.4 Å². The van der Waals surface area contributed by atoms with Crippen LogP contribution >= 0.6 is 0 Å². The minimum absolute atomic E-state index is 0.00996. The largest absolute Gasteiger partial charge is 0.315 e. The number of nitrogens with zero attached hydrogens (tertiary/aromatic N) is 1. The molecule has 0 saturated carbocycles. The van der Waals surface area contributed by atoms with Gasteiger partial charge < -0.3 is 4.53 Å². The summed E-state index contributed by atoms with van der Waals surface area (Å²) < 4.78 is 19.9. The average Bonchev–Trinajstić information content (AvgIpc) is 2.59. The lowest BCUT2D eigenvalue weighted by Gasteiger charge is -2.40. The van der Waals surface area contributed by atoms with Crippen LogP contribution in [0.5, 0.6) is 0 Å². The van der Waals surface area contributed by atoms with E-state index in [0.29, 0.717) is 16.8 Å². The summed E-state index contributed by atoms with van der Waals surface area (Å²) in [5.74, 6) is 4.95. The van der Waals surface area contributed by atoms with Gasteiger partial charge in [0.25, 0.3) is 0 Å². The molecule has 0 saturated heterocycles. The van der Waals surface area contributed by atoms with E-state index in [1.165, 1.54) is 12.1 Å². The smallest absolute Gasteiger partial charge is 0.229 e. The molecule has 0 aromatic heterocycles. The third kappa shape index (κ3) is 4.35. The van der Waals surface area contributed by atoms with E-state index in [0.717, 1.165) is 5.69 Å². The van der Waals surface area contributed by atoms with Crippen LogP contribution in [0, 0.1) is 30.5 Å². The molecule has 0 unspecified atom stereocenters. The van der Waals surface area contributed by atoms with Crippen molar-refractivity contribution in [3.8, 4) is 24.7 Å². The molecule has 0 aliphatic heterocycles. The van der Waals surface area contributed by atoms with Crippen molar-refractivity contribution >= 4 is 19.7 Å². The van der Waals surface area contributed by atoms with E-state index in [1.807, 2.05) is 12.1 Å². The molecule has 0 amide bonds. The van der Waals surface area contributed by atoms with E-state index in [2.05, 4.69) is 45.7 Å². The van der Waals surface area contributed by atoms with Crippen LogP contribution in [0.2, 0.25) is 18.1 Å². The molecule has 4 heteroatoms. The lowest BCUT2D eigenvalue weighted by molar-refractivity contribution is 0.293. The molecule has 26 heavy (non-hydrogen) atoms. The Morgan fingerprint density at radius 1 is 0.923 bits per heavy atom. The SMILES string of the molecule is C#Cc1cc(C#C)cc(N(O[Si](C)(C)C(C)(C)C)c2ccc(F)cc2)c1. The predicted molar refractivity (Wildman–Crippen MR) is 109 cm³/mol. The quantitative estimate of drug-likeness (QED) is 0.382. The molecule has 2 rings (SSSR count). The molecule has 0 atom stereocenters. The minimum Gasteiger partial charge on any atom is -0.315 e. The van der Waals surface area contributed by atoms with Gasteiger partial charge in [-0.3, -0.25) is 0 Å². The highest BCUT2D eigenvalue weighted by Gasteiger charge is 2.40. The maximum absolute atomic E-state index is 13.4. The zero-order valence-corrected chi connectivity index (χ0v) is 16.9. The van der Waals surface area contributed by atoms with E-state index in [9.17, 15) is 4.39 Å². The highest BCUT2D eigenvalue weighted by atomic mass is 28.4. The third-order valence-electron chi connectivity index (χ3n) is 4.67. The Kier molecular flexibility index (Phi) is 5.61. The fourth-order valence-corrected chi connectivity index (χ4v) is 3.03. The van der Waals surface area contributed by atoms with Crippen LogP contribution in [0.1, 0.15) is 31.9 Å². The average molecular weight is 366 g/mol. The Bertz CT molecular complexity index is 835. The van der Waals surface area contributed by atoms with Crippen LogP contribution < -0.4 is 5.06 Å². The normalized spacial score (nSPS) is 11.5. The van der Waals surface area contributed by atoms with Crippen LogP contribution in [0.15, 0.2) is 42.5 Å². The van der Waals surface area contributed by atoms with E-state index in [1.54, 1.807) is 23.3 Å². The Labute approximate surface area is 157 Å². The second-order valence-electron chi connectivity index (χ2n) is 7.68. The summed E-state index contributed by atoms with van der Waals surface area (Å²) in [6.45, 7) is 10.8. The van der Waals surface area contributed by atoms with Crippen molar-refractivity contribution in [3.05, 3.63) is 59.4 Å². The summed E-state index contributed by atoms with van der Waals surface area (Å²) in [7, 11) is -2.17. The van der Waals surface area contributed by atoms with Crippen molar-refractivity contribution in [1.82, 2.24) is 0 Å². The molecule has 134 valence electrons. The molecule has 0 aliphatic carbocycles. The van der Waals surface area contributed by atoms with E-state index < -0.39 is 8.32 Å². The number of halogens is 1. The molecular weight excluding hydrogens is 341 g/mol. The standard InChI is InChI=1S/C22H24FNOSi/c1-8-17-14-18(9-2)16-21(15-17)24(20-12-10-19(23)11-13-20)25-26(6,7)22(3,4)5/h1-2,10-16H,3-7H3. The number of benzene rings is 2. The van der Waals surface area contributed by atoms with Crippen molar-refractivity contribution in [2.24, 2.45) is 0 Å². The molecule has 2 nitrogen and oxygen atoms in total. The summed E-state index contributed by atoms with van der Waals surface area (Å²) in [5, 5.41) is 1.71. The molecule has 0 bridgehead atoms. The summed E-state index contributed by atoms with van der Waals surface area (Å²) in [5.41, 5.74) is 2.78. The van der Waals surface area contributed by atoms with Gasteiger partial charge in [-0.2, -0.15) is 0 Å².